The normalized spacial score (nSPS) is 10.7. The van der Waals surface area contributed by atoms with Crippen molar-refractivity contribution in [1.82, 2.24) is 5.32 Å². The van der Waals surface area contributed by atoms with Gasteiger partial charge in [0.15, 0.2) is 0 Å². The molecule has 1 aromatic carbocycles. The molecule has 0 saturated heterocycles. The lowest BCUT2D eigenvalue weighted by atomic mass is 10.1. The van der Waals surface area contributed by atoms with E-state index >= 15 is 0 Å². The Bertz CT molecular complexity index is 490. The minimum Gasteiger partial charge on any atom is -0.315 e. The summed E-state index contributed by atoms with van der Waals surface area (Å²) >= 11 is 1.70. The number of rotatable bonds is 3. The zero-order valence-electron chi connectivity index (χ0n) is 9.38. The minimum atomic E-state index is -0.177. The second-order valence-electron chi connectivity index (χ2n) is 3.76. The molecule has 2 rings (SSSR count). The molecule has 0 aliphatic heterocycles. The third-order valence-electron chi connectivity index (χ3n) is 2.48. The molecule has 84 valence electrons. The van der Waals surface area contributed by atoms with Crippen LogP contribution in [0.5, 0.6) is 0 Å². The van der Waals surface area contributed by atoms with Crippen LogP contribution in [0.3, 0.4) is 0 Å². The van der Waals surface area contributed by atoms with Crippen molar-refractivity contribution < 1.29 is 4.39 Å². The summed E-state index contributed by atoms with van der Waals surface area (Å²) in [7, 11) is 1.92. The summed E-state index contributed by atoms with van der Waals surface area (Å²) in [6.07, 6.45) is 0. The number of halogens is 1. The van der Waals surface area contributed by atoms with Crippen LogP contribution in [0.4, 0.5) is 4.39 Å². The molecule has 3 heteroatoms. The molecule has 1 nitrogen and oxygen atoms in total. The number of aryl methyl sites for hydroxylation is 1. The number of benzene rings is 1. The quantitative estimate of drug-likeness (QED) is 0.857. The Kier molecular flexibility index (Phi) is 3.36. The molecule has 0 fully saturated rings. The van der Waals surface area contributed by atoms with Crippen LogP contribution in [0.2, 0.25) is 0 Å². The van der Waals surface area contributed by atoms with Crippen LogP contribution in [0.15, 0.2) is 30.3 Å². The van der Waals surface area contributed by atoms with Crippen molar-refractivity contribution in [3.8, 4) is 10.4 Å². The van der Waals surface area contributed by atoms with Crippen molar-refractivity contribution in [3.63, 3.8) is 0 Å². The highest BCUT2D eigenvalue weighted by Crippen LogP contribution is 2.30. The van der Waals surface area contributed by atoms with Gasteiger partial charge in [-0.3, -0.25) is 0 Å². The zero-order chi connectivity index (χ0) is 11.5. The van der Waals surface area contributed by atoms with E-state index in [1.165, 1.54) is 10.9 Å². The highest BCUT2D eigenvalue weighted by atomic mass is 32.1. The van der Waals surface area contributed by atoms with E-state index in [9.17, 15) is 4.39 Å². The maximum absolute atomic E-state index is 13.2. The maximum atomic E-state index is 13.2. The Morgan fingerprint density at radius 2 is 2.06 bits per heavy atom. The average Bonchev–Trinajstić information content (AvgIpc) is 2.71. The van der Waals surface area contributed by atoms with Gasteiger partial charge in [-0.15, -0.1) is 11.3 Å². The van der Waals surface area contributed by atoms with Crippen molar-refractivity contribution in [2.45, 2.75) is 13.5 Å². The second-order valence-corrected chi connectivity index (χ2v) is 4.92. The molecule has 16 heavy (non-hydrogen) atoms. The topological polar surface area (TPSA) is 12.0 Å². The zero-order valence-corrected chi connectivity index (χ0v) is 10.2. The summed E-state index contributed by atoms with van der Waals surface area (Å²) in [5.41, 5.74) is 2.10. The third-order valence-corrected chi connectivity index (χ3v) is 3.60. The first-order valence-corrected chi connectivity index (χ1v) is 6.02. The van der Waals surface area contributed by atoms with Crippen molar-refractivity contribution in [2.24, 2.45) is 0 Å². The van der Waals surface area contributed by atoms with Crippen LogP contribution in [0.1, 0.15) is 10.4 Å². The molecule has 0 unspecified atom stereocenters. The van der Waals surface area contributed by atoms with E-state index in [4.69, 9.17) is 0 Å². The predicted molar refractivity (Wildman–Crippen MR) is 67.2 cm³/mol. The first kappa shape index (κ1) is 11.3. The summed E-state index contributed by atoms with van der Waals surface area (Å²) in [5.74, 6) is -0.177. The molecule has 0 radical (unpaired) electrons. The van der Waals surface area contributed by atoms with Gasteiger partial charge in [0.25, 0.3) is 0 Å². The van der Waals surface area contributed by atoms with Crippen molar-refractivity contribution in [1.29, 1.82) is 0 Å². The maximum Gasteiger partial charge on any atom is 0.123 e. The molecular formula is C13H14FNS. The Hall–Kier alpha value is -1.19. The van der Waals surface area contributed by atoms with Crippen molar-refractivity contribution in [3.05, 3.63) is 46.6 Å². The monoisotopic (exact) mass is 235 g/mol. The van der Waals surface area contributed by atoms with Gasteiger partial charge in [-0.1, -0.05) is 6.07 Å². The molecule has 1 heterocycles. The van der Waals surface area contributed by atoms with Gasteiger partial charge >= 0.3 is 0 Å². The average molecular weight is 235 g/mol. The Morgan fingerprint density at radius 1 is 1.25 bits per heavy atom. The number of hydrogen-bond acceptors (Lipinski definition) is 2. The van der Waals surface area contributed by atoms with Crippen LogP contribution in [0, 0.1) is 12.7 Å². The summed E-state index contributed by atoms with van der Waals surface area (Å²) in [6, 6.07) is 9.06. The molecule has 1 aromatic heterocycles. The van der Waals surface area contributed by atoms with Gasteiger partial charge in [-0.25, -0.2) is 4.39 Å². The van der Waals surface area contributed by atoms with E-state index < -0.39 is 0 Å². The molecule has 1 N–H and O–H groups in total. The summed E-state index contributed by atoms with van der Waals surface area (Å²) in [5, 5.41) is 3.11. The van der Waals surface area contributed by atoms with Crippen LogP contribution in [-0.2, 0) is 6.54 Å². The fourth-order valence-electron chi connectivity index (χ4n) is 1.65. The van der Waals surface area contributed by atoms with E-state index in [-0.39, 0.29) is 5.82 Å². The van der Waals surface area contributed by atoms with Gasteiger partial charge in [-0.2, -0.15) is 0 Å². The lowest BCUT2D eigenvalue weighted by Crippen LogP contribution is -2.02. The first-order chi connectivity index (χ1) is 7.70. The van der Waals surface area contributed by atoms with E-state index in [0.717, 1.165) is 22.5 Å². The largest absolute Gasteiger partial charge is 0.315 e. The highest BCUT2D eigenvalue weighted by molar-refractivity contribution is 7.15. The molecular weight excluding hydrogens is 221 g/mol. The number of thiophene rings is 1. The minimum absolute atomic E-state index is 0.177. The van der Waals surface area contributed by atoms with E-state index in [1.54, 1.807) is 17.4 Å². The van der Waals surface area contributed by atoms with Crippen molar-refractivity contribution >= 4 is 11.3 Å². The molecule has 0 saturated carbocycles. The predicted octanol–water partition coefficient (Wildman–Crippen LogP) is 3.58. The molecule has 0 amide bonds. The van der Waals surface area contributed by atoms with Crippen molar-refractivity contribution in [2.75, 3.05) is 7.05 Å². The van der Waals surface area contributed by atoms with E-state index in [1.807, 2.05) is 20.0 Å². The van der Waals surface area contributed by atoms with E-state index in [0.29, 0.717) is 0 Å². The van der Waals surface area contributed by atoms with Gasteiger partial charge in [0, 0.05) is 16.3 Å². The van der Waals surface area contributed by atoms with Crippen LogP contribution in [-0.4, -0.2) is 7.05 Å². The van der Waals surface area contributed by atoms with E-state index in [2.05, 4.69) is 17.4 Å². The Labute approximate surface area is 98.9 Å². The van der Waals surface area contributed by atoms with Crippen LogP contribution < -0.4 is 5.32 Å². The smallest absolute Gasteiger partial charge is 0.123 e. The van der Waals surface area contributed by atoms with Gasteiger partial charge in [-0.05, 0) is 49.4 Å². The van der Waals surface area contributed by atoms with Gasteiger partial charge in [0.2, 0.25) is 0 Å². The molecule has 2 aromatic rings. The molecule has 0 bridgehead atoms. The fourth-order valence-corrected chi connectivity index (χ4v) is 2.75. The van der Waals surface area contributed by atoms with Gasteiger partial charge in [0.05, 0.1) is 0 Å². The summed E-state index contributed by atoms with van der Waals surface area (Å²) in [6.45, 7) is 2.87. The lowest BCUT2D eigenvalue weighted by molar-refractivity contribution is 0.628. The van der Waals surface area contributed by atoms with Crippen LogP contribution in [0.25, 0.3) is 10.4 Å². The third kappa shape index (κ3) is 2.31. The SMILES string of the molecule is CNCc1ccc(-c2cc(F)ccc2C)s1. The van der Waals surface area contributed by atoms with Gasteiger partial charge < -0.3 is 5.32 Å². The molecule has 0 atom stereocenters. The Morgan fingerprint density at radius 3 is 2.81 bits per heavy atom. The van der Waals surface area contributed by atoms with Crippen LogP contribution >= 0.6 is 11.3 Å². The molecule has 0 aliphatic carbocycles. The van der Waals surface area contributed by atoms with Gasteiger partial charge in [0.1, 0.15) is 5.82 Å². The highest BCUT2D eigenvalue weighted by Gasteiger charge is 2.06. The standard InChI is InChI=1S/C13H14FNS/c1-9-3-4-10(14)7-12(9)13-6-5-11(16-13)8-15-2/h3-7,15H,8H2,1-2H3. The molecule has 0 spiro atoms. The first-order valence-electron chi connectivity index (χ1n) is 5.20. The fraction of sp³-hybridized carbons (Fsp3) is 0.231. The molecule has 0 aliphatic rings. The summed E-state index contributed by atoms with van der Waals surface area (Å²) in [4.78, 5) is 2.39. The number of hydrogen-bond donors (Lipinski definition) is 1. The second kappa shape index (κ2) is 4.76. The lowest BCUT2D eigenvalue weighted by Gasteiger charge is -2.02. The summed E-state index contributed by atoms with van der Waals surface area (Å²) < 4.78 is 13.2. The Balaban J connectivity index is 2.38. The number of nitrogens with one attached hydrogen (secondary N) is 1.